The first-order valence-electron chi connectivity index (χ1n) is 9.03. The molecule has 4 nitrogen and oxygen atoms in total. The van der Waals surface area contributed by atoms with Crippen LogP contribution in [0.2, 0.25) is 0 Å². The highest BCUT2D eigenvalue weighted by Gasteiger charge is 2.15. The van der Waals surface area contributed by atoms with Gasteiger partial charge in [0.1, 0.15) is 6.61 Å². The molecular weight excluding hydrogens is 394 g/mol. The molecule has 2 aromatic carbocycles. The number of nitrogens with one attached hydrogen (secondary N) is 1. The van der Waals surface area contributed by atoms with Crippen molar-refractivity contribution in [3.63, 3.8) is 0 Å². The maximum atomic E-state index is 6.03. The summed E-state index contributed by atoms with van der Waals surface area (Å²) in [6.07, 6.45) is 2.65. The third-order valence-electron chi connectivity index (χ3n) is 4.48. The van der Waals surface area contributed by atoms with Crippen molar-refractivity contribution >= 4 is 15.9 Å². The SMILES string of the molecule is COc1cc(CNC[C@@H]2CCCO2)cc(Br)c1OCc1cccc(C)c1. The fourth-order valence-electron chi connectivity index (χ4n) is 3.16. The predicted molar refractivity (Wildman–Crippen MR) is 107 cm³/mol. The van der Waals surface area contributed by atoms with E-state index in [4.69, 9.17) is 14.2 Å². The molecule has 140 valence electrons. The lowest BCUT2D eigenvalue weighted by Crippen LogP contribution is -2.25. The van der Waals surface area contributed by atoms with E-state index in [1.54, 1.807) is 7.11 Å². The first-order valence-corrected chi connectivity index (χ1v) is 9.82. The van der Waals surface area contributed by atoms with Crippen molar-refractivity contribution in [2.45, 2.75) is 39.0 Å². The van der Waals surface area contributed by atoms with Crippen molar-refractivity contribution in [3.8, 4) is 11.5 Å². The average molecular weight is 420 g/mol. The maximum absolute atomic E-state index is 6.03. The van der Waals surface area contributed by atoms with Crippen LogP contribution in [0.1, 0.15) is 29.5 Å². The molecule has 1 heterocycles. The molecule has 26 heavy (non-hydrogen) atoms. The van der Waals surface area contributed by atoms with Gasteiger partial charge >= 0.3 is 0 Å². The van der Waals surface area contributed by atoms with Gasteiger partial charge in [-0.1, -0.05) is 29.8 Å². The van der Waals surface area contributed by atoms with Crippen LogP contribution >= 0.6 is 15.9 Å². The monoisotopic (exact) mass is 419 g/mol. The number of benzene rings is 2. The van der Waals surface area contributed by atoms with Crippen LogP contribution in [-0.2, 0) is 17.9 Å². The van der Waals surface area contributed by atoms with Crippen LogP contribution in [0.5, 0.6) is 11.5 Å². The summed E-state index contributed by atoms with van der Waals surface area (Å²) in [4.78, 5) is 0. The molecular formula is C21H26BrNO3. The van der Waals surface area contributed by atoms with Crippen LogP contribution in [0.25, 0.3) is 0 Å². The van der Waals surface area contributed by atoms with Crippen LogP contribution in [0, 0.1) is 6.92 Å². The first-order chi connectivity index (χ1) is 12.7. The molecule has 2 aromatic rings. The number of hydrogen-bond donors (Lipinski definition) is 1. The van der Waals surface area contributed by atoms with Crippen molar-refractivity contribution in [2.75, 3.05) is 20.3 Å². The van der Waals surface area contributed by atoms with E-state index in [1.807, 2.05) is 12.1 Å². The normalized spacial score (nSPS) is 16.7. The Bertz CT molecular complexity index is 729. The van der Waals surface area contributed by atoms with Gasteiger partial charge in [0, 0.05) is 19.7 Å². The van der Waals surface area contributed by atoms with Crippen LogP contribution in [0.3, 0.4) is 0 Å². The lowest BCUT2D eigenvalue weighted by Gasteiger charge is -2.16. The van der Waals surface area contributed by atoms with Gasteiger partial charge in [-0.15, -0.1) is 0 Å². The van der Waals surface area contributed by atoms with Gasteiger partial charge < -0.3 is 19.5 Å². The molecule has 1 atom stereocenters. The lowest BCUT2D eigenvalue weighted by molar-refractivity contribution is 0.110. The minimum absolute atomic E-state index is 0.345. The van der Waals surface area contributed by atoms with Gasteiger partial charge in [-0.05, 0) is 59.0 Å². The molecule has 0 amide bonds. The molecule has 0 aromatic heterocycles. The van der Waals surface area contributed by atoms with E-state index >= 15 is 0 Å². The fraction of sp³-hybridized carbons (Fsp3) is 0.429. The average Bonchev–Trinajstić information content (AvgIpc) is 3.14. The van der Waals surface area contributed by atoms with E-state index in [0.29, 0.717) is 12.7 Å². The summed E-state index contributed by atoms with van der Waals surface area (Å²) in [5.74, 6) is 1.47. The predicted octanol–water partition coefficient (Wildman–Crippen LogP) is 4.61. The van der Waals surface area contributed by atoms with Gasteiger partial charge in [0.05, 0.1) is 17.7 Å². The topological polar surface area (TPSA) is 39.7 Å². The molecule has 0 aliphatic carbocycles. The smallest absolute Gasteiger partial charge is 0.175 e. The Kier molecular flexibility index (Phi) is 6.94. The summed E-state index contributed by atoms with van der Waals surface area (Å²) in [7, 11) is 1.67. The highest BCUT2D eigenvalue weighted by Crippen LogP contribution is 2.37. The van der Waals surface area contributed by atoms with Crippen molar-refractivity contribution in [1.29, 1.82) is 0 Å². The van der Waals surface area contributed by atoms with Crippen LogP contribution < -0.4 is 14.8 Å². The molecule has 1 fully saturated rings. The molecule has 0 saturated carbocycles. The molecule has 0 spiro atoms. The molecule has 1 saturated heterocycles. The Morgan fingerprint density at radius 1 is 1.23 bits per heavy atom. The zero-order chi connectivity index (χ0) is 18.4. The molecule has 3 rings (SSSR count). The number of methoxy groups -OCH3 is 1. The summed E-state index contributed by atoms with van der Waals surface area (Å²) >= 11 is 3.63. The number of hydrogen-bond acceptors (Lipinski definition) is 4. The Hall–Kier alpha value is -1.56. The summed E-state index contributed by atoms with van der Waals surface area (Å²) in [5.41, 5.74) is 3.51. The highest BCUT2D eigenvalue weighted by atomic mass is 79.9. The van der Waals surface area contributed by atoms with E-state index in [0.717, 1.165) is 53.2 Å². The first kappa shape index (κ1) is 19.2. The zero-order valence-corrected chi connectivity index (χ0v) is 17.0. The second kappa shape index (κ2) is 9.40. The lowest BCUT2D eigenvalue weighted by atomic mass is 10.1. The van der Waals surface area contributed by atoms with Crippen LogP contribution in [0.4, 0.5) is 0 Å². The maximum Gasteiger partial charge on any atom is 0.175 e. The summed E-state index contributed by atoms with van der Waals surface area (Å²) < 4.78 is 18.1. The van der Waals surface area contributed by atoms with Crippen LogP contribution in [0.15, 0.2) is 40.9 Å². The van der Waals surface area contributed by atoms with E-state index in [1.165, 1.54) is 12.0 Å². The van der Waals surface area contributed by atoms with Gasteiger partial charge in [0.25, 0.3) is 0 Å². The zero-order valence-electron chi connectivity index (χ0n) is 15.4. The van der Waals surface area contributed by atoms with E-state index in [9.17, 15) is 0 Å². The second-order valence-corrected chi connectivity index (χ2v) is 7.51. The molecule has 1 aliphatic rings. The summed E-state index contributed by atoms with van der Waals surface area (Å²) in [5, 5.41) is 3.46. The number of halogens is 1. The number of aryl methyl sites for hydroxylation is 1. The number of rotatable bonds is 8. The van der Waals surface area contributed by atoms with Crippen molar-refractivity contribution in [1.82, 2.24) is 5.32 Å². The number of ether oxygens (including phenoxy) is 3. The Balaban J connectivity index is 1.62. The molecule has 5 heteroatoms. The van der Waals surface area contributed by atoms with Gasteiger partial charge in [-0.2, -0.15) is 0 Å². The summed E-state index contributed by atoms with van der Waals surface area (Å²) in [6.45, 7) is 5.13. The molecule has 1 N–H and O–H groups in total. The van der Waals surface area contributed by atoms with E-state index < -0.39 is 0 Å². The van der Waals surface area contributed by atoms with Crippen molar-refractivity contribution < 1.29 is 14.2 Å². The molecule has 0 radical (unpaired) electrons. The fourth-order valence-corrected chi connectivity index (χ4v) is 3.76. The van der Waals surface area contributed by atoms with Crippen molar-refractivity contribution in [3.05, 3.63) is 57.6 Å². The second-order valence-electron chi connectivity index (χ2n) is 6.65. The Morgan fingerprint density at radius 3 is 2.85 bits per heavy atom. The van der Waals surface area contributed by atoms with E-state index in [2.05, 4.69) is 52.4 Å². The third kappa shape index (κ3) is 5.22. The summed E-state index contributed by atoms with van der Waals surface area (Å²) in [6, 6.07) is 12.4. The highest BCUT2D eigenvalue weighted by molar-refractivity contribution is 9.10. The standard InChI is InChI=1S/C21H26BrNO3/c1-15-5-3-6-16(9-15)14-26-21-19(22)10-17(11-20(21)24-2)12-23-13-18-7-4-8-25-18/h3,5-6,9-11,18,23H,4,7-8,12-14H2,1-2H3/t18-/m0/s1. The van der Waals surface area contributed by atoms with Gasteiger partial charge in [0.2, 0.25) is 0 Å². The quantitative estimate of drug-likeness (QED) is 0.677. The molecule has 0 bridgehead atoms. The Labute approximate surface area is 164 Å². The van der Waals surface area contributed by atoms with Crippen LogP contribution in [-0.4, -0.2) is 26.4 Å². The van der Waals surface area contributed by atoms with Gasteiger partial charge in [-0.25, -0.2) is 0 Å². The third-order valence-corrected chi connectivity index (χ3v) is 5.07. The largest absolute Gasteiger partial charge is 0.493 e. The minimum atomic E-state index is 0.345. The van der Waals surface area contributed by atoms with E-state index in [-0.39, 0.29) is 0 Å². The molecule has 0 unspecified atom stereocenters. The van der Waals surface area contributed by atoms with Crippen molar-refractivity contribution in [2.24, 2.45) is 0 Å². The van der Waals surface area contributed by atoms with Gasteiger partial charge in [-0.3, -0.25) is 0 Å². The van der Waals surface area contributed by atoms with Gasteiger partial charge in [0.15, 0.2) is 11.5 Å². The minimum Gasteiger partial charge on any atom is -0.493 e. The molecule has 1 aliphatic heterocycles. The Morgan fingerprint density at radius 2 is 2.12 bits per heavy atom.